The van der Waals surface area contributed by atoms with Crippen molar-refractivity contribution in [3.63, 3.8) is 0 Å². The highest BCUT2D eigenvalue weighted by Crippen LogP contribution is 2.35. The summed E-state index contributed by atoms with van der Waals surface area (Å²) < 4.78 is 15.9. The number of halogens is 2. The largest absolute Gasteiger partial charge is 0.461 e. The van der Waals surface area contributed by atoms with Crippen molar-refractivity contribution in [1.82, 2.24) is 0 Å². The molecule has 2 fully saturated rings. The Morgan fingerprint density at radius 1 is 1.14 bits per heavy atom. The lowest BCUT2D eigenvalue weighted by Crippen LogP contribution is -2.52. The minimum absolute atomic E-state index is 0.158. The van der Waals surface area contributed by atoms with Crippen molar-refractivity contribution >= 4 is 29.2 Å². The normalized spacial score (nSPS) is 36.0. The van der Waals surface area contributed by atoms with Gasteiger partial charge < -0.3 is 24.4 Å². The molecule has 1 unspecified atom stereocenters. The van der Waals surface area contributed by atoms with Gasteiger partial charge in [-0.05, 0) is 12.1 Å². The summed E-state index contributed by atoms with van der Waals surface area (Å²) in [6.45, 7) is -0.158. The molecule has 0 spiro atoms. The maximum atomic E-state index is 11.5. The molecule has 0 aromatic heterocycles. The van der Waals surface area contributed by atoms with E-state index in [0.29, 0.717) is 15.6 Å². The van der Waals surface area contributed by atoms with E-state index in [1.807, 2.05) is 0 Å². The third-order valence-electron chi connectivity index (χ3n) is 3.46. The molecule has 2 aliphatic rings. The number of aliphatic hydroxyl groups is 2. The molecular formula is C13H12Cl2O6. The Hall–Kier alpha value is -0.890. The first-order valence-corrected chi connectivity index (χ1v) is 7.01. The molecule has 2 saturated heterocycles. The Kier molecular flexibility index (Phi) is 4.09. The number of carbonyl (C=O) groups is 1. The molecule has 2 N–H and O–H groups in total. The molecule has 114 valence electrons. The molecule has 2 aliphatic heterocycles. The molecule has 5 atom stereocenters. The first-order chi connectivity index (χ1) is 9.97. The van der Waals surface area contributed by atoms with E-state index in [4.69, 9.17) is 37.4 Å². The van der Waals surface area contributed by atoms with Gasteiger partial charge in [0.1, 0.15) is 24.9 Å². The Balaban J connectivity index is 1.89. The smallest absolute Gasteiger partial charge is 0.337 e. The maximum absolute atomic E-state index is 11.5. The Labute approximate surface area is 130 Å². The molecule has 3 rings (SSSR count). The number of rotatable bonds is 1. The summed E-state index contributed by atoms with van der Waals surface area (Å²) in [6, 6.07) is 4.80. The average molecular weight is 335 g/mol. The van der Waals surface area contributed by atoms with E-state index in [1.54, 1.807) is 18.2 Å². The van der Waals surface area contributed by atoms with Crippen LogP contribution in [0.2, 0.25) is 10.0 Å². The van der Waals surface area contributed by atoms with Crippen molar-refractivity contribution in [2.75, 3.05) is 6.61 Å². The van der Waals surface area contributed by atoms with Crippen molar-refractivity contribution < 1.29 is 29.2 Å². The number of esters is 1. The summed E-state index contributed by atoms with van der Waals surface area (Å²) in [5.41, 5.74) is 0.563. The van der Waals surface area contributed by atoms with Crippen LogP contribution in [-0.4, -0.2) is 47.2 Å². The summed E-state index contributed by atoms with van der Waals surface area (Å²) in [5, 5.41) is 20.6. The molecule has 6 nitrogen and oxygen atoms in total. The quantitative estimate of drug-likeness (QED) is 0.747. The maximum Gasteiger partial charge on any atom is 0.337 e. The van der Waals surface area contributed by atoms with Gasteiger partial charge in [-0.3, -0.25) is 0 Å². The zero-order valence-electron chi connectivity index (χ0n) is 10.6. The number of carbonyl (C=O) groups excluding carboxylic acids is 1. The molecular weight excluding hydrogens is 323 g/mol. The molecule has 2 bridgehead atoms. The SMILES string of the molecule is O=C1OC[C@@H]2OC(c3ccc(Cl)c(Cl)c3)O[C@@H]([C@@H]2O)[C@@H]1O. The van der Waals surface area contributed by atoms with Crippen LogP contribution >= 0.6 is 23.2 Å². The lowest BCUT2D eigenvalue weighted by molar-refractivity contribution is -0.297. The minimum atomic E-state index is -1.57. The minimum Gasteiger partial charge on any atom is -0.461 e. The lowest BCUT2D eigenvalue weighted by Gasteiger charge is -2.38. The second-order valence-corrected chi connectivity index (χ2v) is 5.66. The second kappa shape index (κ2) is 5.72. The highest BCUT2D eigenvalue weighted by molar-refractivity contribution is 6.42. The molecule has 0 amide bonds. The van der Waals surface area contributed by atoms with Crippen LogP contribution in [0.25, 0.3) is 0 Å². The Morgan fingerprint density at radius 2 is 1.90 bits per heavy atom. The molecule has 8 heteroatoms. The Morgan fingerprint density at radius 3 is 2.62 bits per heavy atom. The van der Waals surface area contributed by atoms with Crippen LogP contribution in [0, 0.1) is 0 Å². The van der Waals surface area contributed by atoms with Gasteiger partial charge in [0, 0.05) is 5.56 Å². The van der Waals surface area contributed by atoms with Crippen LogP contribution in [0.1, 0.15) is 11.9 Å². The monoisotopic (exact) mass is 334 g/mol. The third-order valence-corrected chi connectivity index (χ3v) is 4.19. The van der Waals surface area contributed by atoms with Crippen molar-refractivity contribution in [3.05, 3.63) is 33.8 Å². The predicted molar refractivity (Wildman–Crippen MR) is 71.9 cm³/mol. The van der Waals surface area contributed by atoms with Crippen LogP contribution in [0.15, 0.2) is 18.2 Å². The number of cyclic esters (lactones) is 1. The molecule has 1 aromatic rings. The first kappa shape index (κ1) is 15.0. The Bertz CT molecular complexity index is 566. The summed E-state index contributed by atoms with van der Waals surface area (Å²) in [7, 11) is 0. The molecule has 0 radical (unpaired) electrons. The van der Waals surface area contributed by atoms with Crippen molar-refractivity contribution in [2.24, 2.45) is 0 Å². The van der Waals surface area contributed by atoms with Crippen LogP contribution < -0.4 is 0 Å². The van der Waals surface area contributed by atoms with Gasteiger partial charge in [-0.25, -0.2) is 4.79 Å². The van der Waals surface area contributed by atoms with Crippen LogP contribution in [-0.2, 0) is 19.0 Å². The zero-order valence-corrected chi connectivity index (χ0v) is 12.1. The highest BCUT2D eigenvalue weighted by atomic mass is 35.5. The topological polar surface area (TPSA) is 85.2 Å². The number of ether oxygens (including phenoxy) is 3. The third kappa shape index (κ3) is 2.75. The van der Waals surface area contributed by atoms with E-state index >= 15 is 0 Å². The van der Waals surface area contributed by atoms with Gasteiger partial charge >= 0.3 is 5.97 Å². The van der Waals surface area contributed by atoms with E-state index in [1.165, 1.54) is 0 Å². The van der Waals surface area contributed by atoms with E-state index in [9.17, 15) is 15.0 Å². The van der Waals surface area contributed by atoms with Crippen molar-refractivity contribution in [1.29, 1.82) is 0 Å². The fourth-order valence-electron chi connectivity index (χ4n) is 2.31. The van der Waals surface area contributed by atoms with Gasteiger partial charge in [0.2, 0.25) is 0 Å². The van der Waals surface area contributed by atoms with Gasteiger partial charge in [0.05, 0.1) is 10.0 Å². The summed E-state index contributed by atoms with van der Waals surface area (Å²) in [6.07, 6.45) is -5.53. The standard InChI is InChI=1S/C13H12Cl2O6/c14-6-2-1-5(3-7(6)15)13-20-8-4-19-12(18)10(17)11(21-13)9(8)16/h1-3,8-11,13,16-17H,4H2/t8-,9+,10-,11-,13?/m0/s1. The van der Waals surface area contributed by atoms with E-state index in [0.717, 1.165) is 0 Å². The van der Waals surface area contributed by atoms with Gasteiger partial charge in [-0.15, -0.1) is 0 Å². The number of hydrogen-bond donors (Lipinski definition) is 2. The van der Waals surface area contributed by atoms with Crippen molar-refractivity contribution in [3.8, 4) is 0 Å². The molecule has 0 saturated carbocycles. The molecule has 21 heavy (non-hydrogen) atoms. The first-order valence-electron chi connectivity index (χ1n) is 6.26. The van der Waals surface area contributed by atoms with E-state index < -0.39 is 36.7 Å². The fourth-order valence-corrected chi connectivity index (χ4v) is 2.61. The van der Waals surface area contributed by atoms with E-state index in [2.05, 4.69) is 0 Å². The number of benzene rings is 1. The zero-order chi connectivity index (χ0) is 15.1. The van der Waals surface area contributed by atoms with Crippen molar-refractivity contribution in [2.45, 2.75) is 30.7 Å². The average Bonchev–Trinajstić information content (AvgIpc) is 2.53. The number of fused-ring (bicyclic) bond motifs is 2. The molecule has 1 aromatic carbocycles. The van der Waals surface area contributed by atoms with Gasteiger partial charge in [-0.1, -0.05) is 29.3 Å². The lowest BCUT2D eigenvalue weighted by atomic mass is 10.0. The summed E-state index contributed by atoms with van der Waals surface area (Å²) in [5.74, 6) is -0.847. The fraction of sp³-hybridized carbons (Fsp3) is 0.462. The predicted octanol–water partition coefficient (Wildman–Crippen LogP) is 1.05. The summed E-state index contributed by atoms with van der Waals surface area (Å²) >= 11 is 11.8. The molecule has 2 heterocycles. The van der Waals surface area contributed by atoms with Gasteiger partial charge in [0.25, 0.3) is 0 Å². The number of aliphatic hydroxyl groups excluding tert-OH is 2. The number of hydrogen-bond acceptors (Lipinski definition) is 6. The van der Waals surface area contributed by atoms with Crippen LogP contribution in [0.3, 0.4) is 0 Å². The van der Waals surface area contributed by atoms with Gasteiger partial charge in [-0.2, -0.15) is 0 Å². The summed E-state index contributed by atoms with van der Waals surface area (Å²) in [4.78, 5) is 11.5. The van der Waals surface area contributed by atoms with Crippen LogP contribution in [0.4, 0.5) is 0 Å². The second-order valence-electron chi connectivity index (χ2n) is 4.85. The van der Waals surface area contributed by atoms with E-state index in [-0.39, 0.29) is 6.61 Å². The van der Waals surface area contributed by atoms with Gasteiger partial charge in [0.15, 0.2) is 12.4 Å². The molecule has 0 aliphatic carbocycles. The highest BCUT2D eigenvalue weighted by Gasteiger charge is 2.48. The van der Waals surface area contributed by atoms with Crippen LogP contribution in [0.5, 0.6) is 0 Å².